The van der Waals surface area contributed by atoms with Gasteiger partial charge in [0.05, 0.1) is 10.6 Å². The number of carbonyl (C=O) groups is 1. The fourth-order valence-electron chi connectivity index (χ4n) is 2.40. The van der Waals surface area contributed by atoms with E-state index in [1.54, 1.807) is 19.1 Å². The van der Waals surface area contributed by atoms with E-state index >= 15 is 0 Å². The van der Waals surface area contributed by atoms with Crippen LogP contribution in [0, 0.1) is 17.0 Å². The predicted molar refractivity (Wildman–Crippen MR) is 93.5 cm³/mol. The molecule has 2 aromatic heterocycles. The van der Waals surface area contributed by atoms with E-state index in [9.17, 15) is 19.7 Å². The van der Waals surface area contributed by atoms with Gasteiger partial charge < -0.3 is 4.74 Å². The van der Waals surface area contributed by atoms with E-state index in [2.05, 4.69) is 10.1 Å². The van der Waals surface area contributed by atoms with Gasteiger partial charge in [0.15, 0.2) is 0 Å². The van der Waals surface area contributed by atoms with E-state index in [1.165, 1.54) is 28.0 Å². The lowest BCUT2D eigenvalue weighted by Gasteiger charge is -2.06. The van der Waals surface area contributed by atoms with Crippen molar-refractivity contribution in [3.8, 4) is 0 Å². The van der Waals surface area contributed by atoms with Gasteiger partial charge >= 0.3 is 5.97 Å². The molecule has 0 bridgehead atoms. The highest BCUT2D eigenvalue weighted by molar-refractivity contribution is 7.16. The normalized spacial score (nSPS) is 10.8. The van der Waals surface area contributed by atoms with Gasteiger partial charge in [-0.05, 0) is 19.4 Å². The number of nitrogens with zero attached hydrogens (tertiary/aromatic N) is 4. The van der Waals surface area contributed by atoms with Crippen molar-refractivity contribution in [1.82, 2.24) is 14.6 Å². The zero-order chi connectivity index (χ0) is 18.8. The van der Waals surface area contributed by atoms with Gasteiger partial charge in [-0.15, -0.1) is 0 Å². The lowest BCUT2D eigenvalue weighted by Crippen LogP contribution is -2.17. The molecule has 10 heteroatoms. The summed E-state index contributed by atoms with van der Waals surface area (Å²) < 4.78 is 6.32. The SMILES string of the molecule is CCc1nn2c(=O)cc(COC(=O)c3cccc(C)c3[N+](=O)[O-])nc2s1. The zero-order valence-corrected chi connectivity index (χ0v) is 14.8. The van der Waals surface area contributed by atoms with E-state index in [0.717, 1.165) is 5.01 Å². The average molecular weight is 374 g/mol. The van der Waals surface area contributed by atoms with E-state index in [4.69, 9.17) is 4.74 Å². The summed E-state index contributed by atoms with van der Waals surface area (Å²) in [5.41, 5.74) is -0.197. The summed E-state index contributed by atoms with van der Waals surface area (Å²) in [4.78, 5) is 39.5. The summed E-state index contributed by atoms with van der Waals surface area (Å²) in [5.74, 6) is -0.846. The summed E-state index contributed by atoms with van der Waals surface area (Å²) in [6, 6.07) is 5.64. The number of nitro benzene ring substituents is 1. The van der Waals surface area contributed by atoms with Crippen LogP contribution in [0.2, 0.25) is 0 Å². The molecule has 3 rings (SSSR count). The number of aryl methyl sites for hydroxylation is 2. The highest BCUT2D eigenvalue weighted by Crippen LogP contribution is 2.24. The van der Waals surface area contributed by atoms with Crippen molar-refractivity contribution in [2.24, 2.45) is 0 Å². The topological polar surface area (TPSA) is 117 Å². The molecule has 0 fully saturated rings. The Morgan fingerprint density at radius 1 is 1.42 bits per heavy atom. The predicted octanol–water partition coefficient (Wildman–Crippen LogP) is 2.29. The lowest BCUT2D eigenvalue weighted by atomic mass is 10.1. The number of nitro groups is 1. The highest BCUT2D eigenvalue weighted by atomic mass is 32.1. The van der Waals surface area contributed by atoms with Crippen LogP contribution in [0.15, 0.2) is 29.1 Å². The molecule has 0 unspecified atom stereocenters. The molecule has 0 aliphatic carbocycles. The largest absolute Gasteiger partial charge is 0.455 e. The Balaban J connectivity index is 1.84. The zero-order valence-electron chi connectivity index (χ0n) is 14.0. The molecule has 2 heterocycles. The number of para-hydroxylation sites is 1. The molecule has 0 radical (unpaired) electrons. The smallest absolute Gasteiger partial charge is 0.345 e. The van der Waals surface area contributed by atoms with Crippen molar-refractivity contribution < 1.29 is 14.5 Å². The quantitative estimate of drug-likeness (QED) is 0.382. The Morgan fingerprint density at radius 2 is 2.19 bits per heavy atom. The summed E-state index contributed by atoms with van der Waals surface area (Å²) in [6.45, 7) is 3.19. The monoisotopic (exact) mass is 374 g/mol. The number of ether oxygens (including phenoxy) is 1. The Hall–Kier alpha value is -3.14. The Kier molecular flexibility index (Phi) is 4.76. The van der Waals surface area contributed by atoms with E-state index < -0.39 is 10.9 Å². The third-order valence-corrected chi connectivity index (χ3v) is 4.69. The Bertz CT molecular complexity index is 1070. The molecule has 0 saturated heterocycles. The minimum Gasteiger partial charge on any atom is -0.455 e. The van der Waals surface area contributed by atoms with Crippen LogP contribution in [-0.4, -0.2) is 25.5 Å². The van der Waals surface area contributed by atoms with Crippen molar-refractivity contribution in [3.63, 3.8) is 0 Å². The van der Waals surface area contributed by atoms with Gasteiger partial charge in [-0.3, -0.25) is 14.9 Å². The number of carbonyl (C=O) groups excluding carboxylic acids is 1. The first-order valence-corrected chi connectivity index (χ1v) is 8.52. The third kappa shape index (κ3) is 3.31. The summed E-state index contributed by atoms with van der Waals surface area (Å²) in [7, 11) is 0. The summed E-state index contributed by atoms with van der Waals surface area (Å²) in [6.07, 6.45) is 0.675. The van der Waals surface area contributed by atoms with E-state index in [0.29, 0.717) is 16.9 Å². The van der Waals surface area contributed by atoms with Gasteiger partial charge in [0.25, 0.3) is 11.2 Å². The van der Waals surface area contributed by atoms with E-state index in [-0.39, 0.29) is 29.1 Å². The first kappa shape index (κ1) is 17.7. The second-order valence-corrected chi connectivity index (χ2v) is 6.47. The van der Waals surface area contributed by atoms with Crippen LogP contribution in [0.4, 0.5) is 5.69 Å². The third-order valence-electron chi connectivity index (χ3n) is 3.63. The Labute approximate surface area is 151 Å². The standard InChI is InChI=1S/C16H14N4O5S/c1-3-12-18-19-13(21)7-10(17-16(19)26-12)8-25-15(22)11-6-4-5-9(2)14(11)20(23)24/h4-7H,3,8H2,1-2H3. The molecule has 26 heavy (non-hydrogen) atoms. The maximum Gasteiger partial charge on any atom is 0.345 e. The minimum atomic E-state index is -0.846. The van der Waals surface area contributed by atoms with Crippen LogP contribution in [0.5, 0.6) is 0 Å². The second-order valence-electron chi connectivity index (χ2n) is 5.43. The summed E-state index contributed by atoms with van der Waals surface area (Å²) >= 11 is 1.28. The highest BCUT2D eigenvalue weighted by Gasteiger charge is 2.23. The molecular formula is C16H14N4O5S. The molecule has 0 atom stereocenters. The lowest BCUT2D eigenvalue weighted by molar-refractivity contribution is -0.385. The van der Waals surface area contributed by atoms with Crippen molar-refractivity contribution in [3.05, 3.63) is 66.6 Å². The number of rotatable bonds is 5. The number of benzene rings is 1. The van der Waals surface area contributed by atoms with Crippen LogP contribution in [0.3, 0.4) is 0 Å². The minimum absolute atomic E-state index is 0.140. The molecule has 0 aliphatic rings. The molecular weight excluding hydrogens is 360 g/mol. The van der Waals surface area contributed by atoms with Crippen LogP contribution in [0.1, 0.15) is 33.5 Å². The maximum absolute atomic E-state index is 12.2. The maximum atomic E-state index is 12.2. The molecule has 134 valence electrons. The first-order chi connectivity index (χ1) is 12.4. The average Bonchev–Trinajstić information content (AvgIpc) is 3.03. The fraction of sp³-hybridized carbons (Fsp3) is 0.250. The number of esters is 1. The second kappa shape index (κ2) is 7.00. The van der Waals surface area contributed by atoms with Crippen LogP contribution < -0.4 is 5.56 Å². The molecule has 0 amide bonds. The molecule has 0 aliphatic heterocycles. The van der Waals surface area contributed by atoms with Crippen molar-refractivity contribution in [1.29, 1.82) is 0 Å². The molecule has 9 nitrogen and oxygen atoms in total. The van der Waals surface area contributed by atoms with Gasteiger partial charge in [0, 0.05) is 11.6 Å². The van der Waals surface area contributed by atoms with Crippen LogP contribution in [-0.2, 0) is 17.8 Å². The van der Waals surface area contributed by atoms with Crippen molar-refractivity contribution in [2.45, 2.75) is 26.9 Å². The van der Waals surface area contributed by atoms with Crippen molar-refractivity contribution >= 4 is 28.0 Å². The van der Waals surface area contributed by atoms with Crippen molar-refractivity contribution in [2.75, 3.05) is 0 Å². The van der Waals surface area contributed by atoms with Gasteiger partial charge in [0.2, 0.25) is 4.96 Å². The Morgan fingerprint density at radius 3 is 2.88 bits per heavy atom. The van der Waals surface area contributed by atoms with Gasteiger partial charge in [-0.2, -0.15) is 9.61 Å². The van der Waals surface area contributed by atoms with Crippen LogP contribution >= 0.6 is 11.3 Å². The fourth-order valence-corrected chi connectivity index (χ4v) is 3.25. The number of aromatic nitrogens is 3. The van der Waals surface area contributed by atoms with Gasteiger partial charge in [-0.25, -0.2) is 9.78 Å². The first-order valence-electron chi connectivity index (χ1n) is 7.70. The number of hydrogen-bond donors (Lipinski definition) is 0. The van der Waals surface area contributed by atoms with E-state index in [1.807, 2.05) is 6.92 Å². The number of hydrogen-bond acceptors (Lipinski definition) is 8. The number of fused-ring (bicyclic) bond motifs is 1. The van der Waals surface area contributed by atoms with Gasteiger partial charge in [0.1, 0.15) is 17.2 Å². The summed E-state index contributed by atoms with van der Waals surface area (Å²) in [5, 5.41) is 16.1. The van der Waals surface area contributed by atoms with Crippen LogP contribution in [0.25, 0.3) is 4.96 Å². The van der Waals surface area contributed by atoms with Gasteiger partial charge in [-0.1, -0.05) is 30.4 Å². The molecule has 1 aromatic carbocycles. The molecule has 0 saturated carbocycles. The molecule has 0 spiro atoms. The molecule has 3 aromatic rings. The molecule has 0 N–H and O–H groups in total.